The molecule has 0 bridgehead atoms. The fourth-order valence-electron chi connectivity index (χ4n) is 3.51. The van der Waals surface area contributed by atoms with Gasteiger partial charge < -0.3 is 9.47 Å². The number of para-hydroxylation sites is 1. The van der Waals surface area contributed by atoms with E-state index in [1.807, 2.05) is 24.3 Å². The number of hydrogen-bond donors (Lipinski definition) is 0. The second-order valence-electron chi connectivity index (χ2n) is 7.68. The maximum Gasteiger partial charge on any atom is 0.346 e. The molecule has 0 aliphatic heterocycles. The van der Waals surface area contributed by atoms with Crippen LogP contribution in [-0.2, 0) is 19.9 Å². The van der Waals surface area contributed by atoms with E-state index in [0.29, 0.717) is 22.1 Å². The standard InChI is InChI=1S/C26H22ClF2NO4/c1-17(2)26(34-25(28)29,19-11-13-20(27)14-12-19)24(31)33-23(16-30)18-7-6-10-22(15-18)32-21-8-4-3-5-9-21/h3-15,17,23,25H,1-2H3. The van der Waals surface area contributed by atoms with Gasteiger partial charge in [-0.2, -0.15) is 14.0 Å². The third kappa shape index (κ3) is 5.71. The lowest BCUT2D eigenvalue weighted by atomic mass is 9.83. The lowest BCUT2D eigenvalue weighted by Crippen LogP contribution is -2.46. The molecule has 176 valence electrons. The van der Waals surface area contributed by atoms with Gasteiger partial charge in [-0.1, -0.05) is 67.9 Å². The number of esters is 1. The Morgan fingerprint density at radius 1 is 0.971 bits per heavy atom. The quantitative estimate of drug-likeness (QED) is 0.304. The van der Waals surface area contributed by atoms with Crippen LogP contribution in [0, 0.1) is 17.2 Å². The average Bonchev–Trinajstić information content (AvgIpc) is 2.82. The minimum absolute atomic E-state index is 0.134. The highest BCUT2D eigenvalue weighted by atomic mass is 35.5. The summed E-state index contributed by atoms with van der Waals surface area (Å²) in [5, 5.41) is 10.1. The number of nitriles is 1. The Hall–Kier alpha value is -3.47. The molecular formula is C26H22ClF2NO4. The topological polar surface area (TPSA) is 68.5 Å². The van der Waals surface area contributed by atoms with Crippen molar-refractivity contribution in [3.63, 3.8) is 0 Å². The molecular weight excluding hydrogens is 464 g/mol. The van der Waals surface area contributed by atoms with E-state index in [9.17, 15) is 18.8 Å². The molecule has 34 heavy (non-hydrogen) atoms. The van der Waals surface area contributed by atoms with Gasteiger partial charge >= 0.3 is 12.6 Å². The first kappa shape index (κ1) is 25.2. The van der Waals surface area contributed by atoms with Crippen molar-refractivity contribution >= 4 is 17.6 Å². The molecule has 0 saturated carbocycles. The number of benzene rings is 3. The Bertz CT molecular complexity index is 1150. The summed E-state index contributed by atoms with van der Waals surface area (Å²) in [6, 6.07) is 23.1. The molecule has 3 rings (SSSR count). The van der Waals surface area contributed by atoms with E-state index in [1.165, 1.54) is 24.3 Å². The summed E-state index contributed by atoms with van der Waals surface area (Å²) >= 11 is 5.93. The Morgan fingerprint density at radius 2 is 1.62 bits per heavy atom. The van der Waals surface area contributed by atoms with Gasteiger partial charge in [0.15, 0.2) is 5.60 Å². The third-order valence-electron chi connectivity index (χ3n) is 5.15. The van der Waals surface area contributed by atoms with Crippen LogP contribution in [0.1, 0.15) is 31.1 Å². The van der Waals surface area contributed by atoms with Gasteiger partial charge in [-0.15, -0.1) is 0 Å². The number of halogens is 3. The fraction of sp³-hybridized carbons (Fsp3) is 0.231. The van der Waals surface area contributed by atoms with Crippen LogP contribution < -0.4 is 4.74 Å². The predicted octanol–water partition coefficient (Wildman–Crippen LogP) is 7.03. The van der Waals surface area contributed by atoms with E-state index in [4.69, 9.17) is 25.8 Å². The minimum Gasteiger partial charge on any atom is -0.457 e. The second kappa shape index (κ2) is 11.1. The molecule has 0 aliphatic carbocycles. The molecule has 5 nitrogen and oxygen atoms in total. The number of hydrogen-bond acceptors (Lipinski definition) is 5. The van der Waals surface area contributed by atoms with Crippen molar-refractivity contribution in [3.05, 3.63) is 95.0 Å². The van der Waals surface area contributed by atoms with Crippen molar-refractivity contribution in [2.24, 2.45) is 5.92 Å². The minimum atomic E-state index is -3.27. The van der Waals surface area contributed by atoms with E-state index in [-0.39, 0.29) is 5.56 Å². The van der Waals surface area contributed by atoms with Crippen LogP contribution in [0.4, 0.5) is 8.78 Å². The highest BCUT2D eigenvalue weighted by molar-refractivity contribution is 6.30. The van der Waals surface area contributed by atoms with Gasteiger partial charge in [-0.3, -0.25) is 4.74 Å². The van der Waals surface area contributed by atoms with E-state index >= 15 is 0 Å². The van der Waals surface area contributed by atoms with Crippen molar-refractivity contribution in [1.82, 2.24) is 0 Å². The number of nitrogens with zero attached hydrogens (tertiary/aromatic N) is 1. The zero-order valence-corrected chi connectivity index (χ0v) is 19.2. The summed E-state index contributed by atoms with van der Waals surface area (Å²) < 4.78 is 43.1. The van der Waals surface area contributed by atoms with Crippen molar-refractivity contribution in [2.45, 2.75) is 32.2 Å². The van der Waals surface area contributed by atoms with Crippen LogP contribution in [0.5, 0.6) is 11.5 Å². The van der Waals surface area contributed by atoms with E-state index in [1.54, 1.807) is 50.2 Å². The Balaban J connectivity index is 1.92. The second-order valence-corrected chi connectivity index (χ2v) is 8.11. The molecule has 3 aromatic carbocycles. The Morgan fingerprint density at radius 3 is 2.21 bits per heavy atom. The number of carbonyl (C=O) groups is 1. The monoisotopic (exact) mass is 485 g/mol. The van der Waals surface area contributed by atoms with E-state index in [2.05, 4.69) is 0 Å². The molecule has 0 heterocycles. The van der Waals surface area contributed by atoms with Gasteiger partial charge in [0.2, 0.25) is 6.10 Å². The SMILES string of the molecule is CC(C)C(OC(F)F)(C(=O)OC(C#N)c1cccc(Oc2ccccc2)c1)c1ccc(Cl)cc1. The summed E-state index contributed by atoms with van der Waals surface area (Å²) in [4.78, 5) is 13.4. The van der Waals surface area contributed by atoms with Crippen LogP contribution in [0.3, 0.4) is 0 Å². The molecule has 2 unspecified atom stereocenters. The fourth-order valence-corrected chi connectivity index (χ4v) is 3.63. The molecule has 3 aromatic rings. The molecule has 0 amide bonds. The maximum absolute atomic E-state index is 13.5. The smallest absolute Gasteiger partial charge is 0.346 e. The van der Waals surface area contributed by atoms with Gasteiger partial charge in [0.05, 0.1) is 0 Å². The molecule has 0 saturated heterocycles. The molecule has 2 atom stereocenters. The molecule has 0 aliphatic rings. The zero-order chi connectivity index (χ0) is 24.7. The predicted molar refractivity (Wildman–Crippen MR) is 122 cm³/mol. The number of ether oxygens (including phenoxy) is 3. The van der Waals surface area contributed by atoms with Gasteiger partial charge in [0, 0.05) is 10.6 Å². The lowest BCUT2D eigenvalue weighted by molar-refractivity contribution is -0.242. The lowest BCUT2D eigenvalue weighted by Gasteiger charge is -2.35. The first-order valence-corrected chi connectivity index (χ1v) is 10.8. The van der Waals surface area contributed by atoms with E-state index < -0.39 is 30.2 Å². The van der Waals surface area contributed by atoms with Crippen LogP contribution in [-0.4, -0.2) is 12.6 Å². The van der Waals surface area contributed by atoms with Crippen molar-refractivity contribution in [3.8, 4) is 17.6 Å². The average molecular weight is 486 g/mol. The van der Waals surface area contributed by atoms with Crippen molar-refractivity contribution in [1.29, 1.82) is 5.26 Å². The third-order valence-corrected chi connectivity index (χ3v) is 5.40. The van der Waals surface area contributed by atoms with Gasteiger partial charge in [-0.25, -0.2) is 4.79 Å². The first-order valence-electron chi connectivity index (χ1n) is 10.4. The first-order chi connectivity index (χ1) is 16.3. The summed E-state index contributed by atoms with van der Waals surface area (Å²) in [5.74, 6) is -0.887. The maximum atomic E-state index is 13.5. The molecule has 0 spiro atoms. The van der Waals surface area contributed by atoms with Gasteiger partial charge in [0.1, 0.15) is 17.6 Å². The number of alkyl halides is 2. The molecule has 0 N–H and O–H groups in total. The van der Waals surface area contributed by atoms with Crippen LogP contribution in [0.2, 0.25) is 5.02 Å². The normalized spacial score (nSPS) is 13.7. The van der Waals surface area contributed by atoms with Crippen molar-refractivity contribution in [2.75, 3.05) is 0 Å². The Labute approximate surface area is 201 Å². The van der Waals surface area contributed by atoms with Gasteiger partial charge in [0.25, 0.3) is 0 Å². The summed E-state index contributed by atoms with van der Waals surface area (Å²) in [7, 11) is 0. The number of carbonyl (C=O) groups excluding carboxylic acids is 1. The summed E-state index contributed by atoms with van der Waals surface area (Å²) in [6.45, 7) is -0.171. The largest absolute Gasteiger partial charge is 0.457 e. The van der Waals surface area contributed by atoms with Crippen molar-refractivity contribution < 1.29 is 27.8 Å². The number of rotatable bonds is 9. The molecule has 0 fully saturated rings. The highest BCUT2D eigenvalue weighted by Gasteiger charge is 2.49. The molecule has 8 heteroatoms. The van der Waals surface area contributed by atoms with Crippen LogP contribution >= 0.6 is 11.6 Å². The van der Waals surface area contributed by atoms with Crippen LogP contribution in [0.25, 0.3) is 0 Å². The van der Waals surface area contributed by atoms with E-state index in [0.717, 1.165) is 0 Å². The summed E-state index contributed by atoms with van der Waals surface area (Å²) in [5.41, 5.74) is -1.71. The Kier molecular flexibility index (Phi) is 8.21. The zero-order valence-electron chi connectivity index (χ0n) is 18.5. The summed E-state index contributed by atoms with van der Waals surface area (Å²) in [6.07, 6.45) is -1.39. The van der Waals surface area contributed by atoms with Crippen LogP contribution in [0.15, 0.2) is 78.9 Å². The highest BCUT2D eigenvalue weighted by Crippen LogP contribution is 2.39. The molecule has 0 radical (unpaired) electrons. The van der Waals surface area contributed by atoms with Gasteiger partial charge in [-0.05, 0) is 47.9 Å². The molecule has 0 aromatic heterocycles.